The molecule has 0 fully saturated rings. The normalized spacial score (nSPS) is 11.9. The highest BCUT2D eigenvalue weighted by Crippen LogP contribution is 2.18. The molecular weight excluding hydrogens is 220 g/mol. The number of carboxylic acids is 1. The second kappa shape index (κ2) is 5.20. The number of carbonyl (C=O) groups is 2. The van der Waals surface area contributed by atoms with Gasteiger partial charge in [0.1, 0.15) is 0 Å². The third-order valence-electron chi connectivity index (χ3n) is 1.99. The Balaban J connectivity index is 2.95. The van der Waals surface area contributed by atoms with Gasteiger partial charge in [-0.25, -0.2) is 8.78 Å². The summed E-state index contributed by atoms with van der Waals surface area (Å²) in [7, 11) is 0. The molecule has 2 N–H and O–H groups in total. The van der Waals surface area contributed by atoms with Gasteiger partial charge in [0, 0.05) is 0 Å². The maximum atomic E-state index is 12.9. The van der Waals surface area contributed by atoms with Gasteiger partial charge in [-0.15, -0.1) is 0 Å². The molecule has 0 unspecified atom stereocenters. The van der Waals surface area contributed by atoms with Gasteiger partial charge in [0.25, 0.3) is 0 Å². The Kier molecular flexibility index (Phi) is 3.93. The fourth-order valence-electron chi connectivity index (χ4n) is 1.26. The minimum atomic E-state index is -1.15. The van der Waals surface area contributed by atoms with Crippen molar-refractivity contribution in [3.63, 3.8) is 0 Å². The number of benzene rings is 1. The van der Waals surface area contributed by atoms with E-state index in [4.69, 9.17) is 5.11 Å². The van der Waals surface area contributed by atoms with Gasteiger partial charge in [-0.2, -0.15) is 0 Å². The molecule has 0 aliphatic heterocycles. The Labute approximate surface area is 89.9 Å². The number of hydrogen-bond acceptors (Lipinski definition) is 2. The predicted molar refractivity (Wildman–Crippen MR) is 50.6 cm³/mol. The molecule has 1 rings (SSSR count). The van der Waals surface area contributed by atoms with Gasteiger partial charge in [0.05, 0.1) is 12.5 Å². The van der Waals surface area contributed by atoms with Gasteiger partial charge < -0.3 is 10.4 Å². The molecule has 1 aromatic carbocycles. The van der Waals surface area contributed by atoms with Crippen LogP contribution in [0.25, 0.3) is 0 Å². The van der Waals surface area contributed by atoms with Crippen molar-refractivity contribution >= 4 is 12.4 Å². The van der Waals surface area contributed by atoms with E-state index in [1.807, 2.05) is 0 Å². The quantitative estimate of drug-likeness (QED) is 0.746. The summed E-state index contributed by atoms with van der Waals surface area (Å²) in [5.41, 5.74) is 0.202. The van der Waals surface area contributed by atoms with Gasteiger partial charge >= 0.3 is 5.97 Å². The molecule has 0 aromatic heterocycles. The van der Waals surface area contributed by atoms with E-state index >= 15 is 0 Å². The van der Waals surface area contributed by atoms with Crippen LogP contribution >= 0.6 is 0 Å². The first kappa shape index (κ1) is 12.1. The topological polar surface area (TPSA) is 66.4 Å². The molecule has 1 amide bonds. The molecule has 0 spiro atoms. The van der Waals surface area contributed by atoms with Crippen LogP contribution in [0.5, 0.6) is 0 Å². The monoisotopic (exact) mass is 229 g/mol. The van der Waals surface area contributed by atoms with E-state index in [1.54, 1.807) is 0 Å². The standard InChI is InChI=1S/C10H9F2NO3/c11-7-2-1-6(3-8(7)12)9(13-5-14)4-10(15)16/h1-3,5,9H,4H2,(H,13,14)(H,15,16)/t9-/m0/s1. The minimum absolute atomic E-state index is 0.202. The summed E-state index contributed by atoms with van der Waals surface area (Å²) in [5, 5.41) is 10.8. The summed E-state index contributed by atoms with van der Waals surface area (Å²) >= 11 is 0. The molecule has 0 saturated carbocycles. The molecule has 0 aliphatic rings. The summed E-state index contributed by atoms with van der Waals surface area (Å²) in [6, 6.07) is 2.10. The molecule has 0 bridgehead atoms. The minimum Gasteiger partial charge on any atom is -0.481 e. The van der Waals surface area contributed by atoms with Crippen LogP contribution in [0.1, 0.15) is 18.0 Å². The molecular formula is C10H9F2NO3. The van der Waals surface area contributed by atoms with E-state index in [1.165, 1.54) is 6.07 Å². The third kappa shape index (κ3) is 3.01. The maximum Gasteiger partial charge on any atom is 0.305 e. The van der Waals surface area contributed by atoms with E-state index in [9.17, 15) is 18.4 Å². The van der Waals surface area contributed by atoms with Crippen LogP contribution < -0.4 is 5.32 Å². The van der Waals surface area contributed by atoms with E-state index in [2.05, 4.69) is 5.32 Å². The molecule has 4 nitrogen and oxygen atoms in total. The summed E-state index contributed by atoms with van der Waals surface area (Å²) in [6.45, 7) is 0. The summed E-state index contributed by atoms with van der Waals surface area (Å²) in [6.07, 6.45) is -0.0846. The van der Waals surface area contributed by atoms with Gasteiger partial charge in [-0.05, 0) is 17.7 Å². The van der Waals surface area contributed by atoms with Crippen molar-refractivity contribution in [2.24, 2.45) is 0 Å². The average Bonchev–Trinajstić information content (AvgIpc) is 2.21. The van der Waals surface area contributed by atoms with E-state index in [0.29, 0.717) is 6.41 Å². The van der Waals surface area contributed by atoms with Crippen LogP contribution in [0, 0.1) is 11.6 Å². The maximum absolute atomic E-state index is 12.9. The number of amides is 1. The molecule has 0 heterocycles. The molecule has 86 valence electrons. The van der Waals surface area contributed by atoms with Crippen LogP contribution in [-0.2, 0) is 9.59 Å². The summed E-state index contributed by atoms with van der Waals surface area (Å²) < 4.78 is 25.5. The SMILES string of the molecule is O=CN[C@@H](CC(=O)O)c1ccc(F)c(F)c1. The number of nitrogens with one attached hydrogen (secondary N) is 1. The number of halogens is 2. The van der Waals surface area contributed by atoms with E-state index < -0.39 is 30.1 Å². The van der Waals surface area contributed by atoms with Crippen molar-refractivity contribution < 1.29 is 23.5 Å². The number of carbonyl (C=O) groups excluding carboxylic acids is 1. The Morgan fingerprint density at radius 1 is 1.44 bits per heavy atom. The molecule has 0 saturated heterocycles. The highest BCUT2D eigenvalue weighted by atomic mass is 19.2. The molecule has 1 aromatic rings. The van der Waals surface area contributed by atoms with Crippen LogP contribution in [0.4, 0.5) is 8.78 Å². The predicted octanol–water partition coefficient (Wildman–Crippen LogP) is 1.23. The van der Waals surface area contributed by atoms with Crippen molar-refractivity contribution in [3.8, 4) is 0 Å². The van der Waals surface area contributed by atoms with Gasteiger partial charge in [-0.1, -0.05) is 6.07 Å². The van der Waals surface area contributed by atoms with Crippen molar-refractivity contribution in [2.75, 3.05) is 0 Å². The largest absolute Gasteiger partial charge is 0.481 e. The molecule has 16 heavy (non-hydrogen) atoms. The second-order valence-electron chi connectivity index (χ2n) is 3.11. The Hall–Kier alpha value is -1.98. The van der Waals surface area contributed by atoms with Gasteiger partial charge in [0.2, 0.25) is 6.41 Å². The lowest BCUT2D eigenvalue weighted by atomic mass is 10.0. The first-order chi connectivity index (χ1) is 7.54. The van der Waals surface area contributed by atoms with Gasteiger partial charge in [-0.3, -0.25) is 9.59 Å². The lowest BCUT2D eigenvalue weighted by molar-refractivity contribution is -0.137. The fourth-order valence-corrected chi connectivity index (χ4v) is 1.26. The van der Waals surface area contributed by atoms with Crippen molar-refractivity contribution in [2.45, 2.75) is 12.5 Å². The molecule has 6 heteroatoms. The Morgan fingerprint density at radius 2 is 2.12 bits per heavy atom. The smallest absolute Gasteiger partial charge is 0.305 e. The second-order valence-corrected chi connectivity index (χ2v) is 3.11. The number of rotatable bonds is 5. The first-order valence-corrected chi connectivity index (χ1v) is 4.41. The average molecular weight is 229 g/mol. The zero-order valence-corrected chi connectivity index (χ0v) is 8.11. The zero-order valence-electron chi connectivity index (χ0n) is 8.11. The van der Waals surface area contributed by atoms with Crippen LogP contribution in [0.15, 0.2) is 18.2 Å². The number of carboxylic acid groups (broad SMARTS) is 1. The molecule has 1 atom stereocenters. The lowest BCUT2D eigenvalue weighted by Crippen LogP contribution is -2.22. The van der Waals surface area contributed by atoms with Crippen LogP contribution in [0.3, 0.4) is 0 Å². The highest BCUT2D eigenvalue weighted by Gasteiger charge is 2.16. The van der Waals surface area contributed by atoms with Crippen LogP contribution in [-0.4, -0.2) is 17.5 Å². The van der Waals surface area contributed by atoms with Crippen molar-refractivity contribution in [1.82, 2.24) is 5.32 Å². The highest BCUT2D eigenvalue weighted by molar-refractivity contribution is 5.68. The summed E-state index contributed by atoms with van der Waals surface area (Å²) in [5.74, 6) is -3.26. The number of aliphatic carboxylic acids is 1. The lowest BCUT2D eigenvalue weighted by Gasteiger charge is -2.14. The van der Waals surface area contributed by atoms with Crippen molar-refractivity contribution in [3.05, 3.63) is 35.4 Å². The van der Waals surface area contributed by atoms with Gasteiger partial charge in [0.15, 0.2) is 11.6 Å². The molecule has 0 aliphatic carbocycles. The Bertz CT molecular complexity index is 409. The molecule has 0 radical (unpaired) electrons. The van der Waals surface area contributed by atoms with Crippen LogP contribution in [0.2, 0.25) is 0 Å². The van der Waals surface area contributed by atoms with E-state index in [0.717, 1.165) is 12.1 Å². The fraction of sp³-hybridized carbons (Fsp3) is 0.200. The van der Waals surface area contributed by atoms with E-state index in [-0.39, 0.29) is 5.56 Å². The first-order valence-electron chi connectivity index (χ1n) is 4.41. The Morgan fingerprint density at radius 3 is 2.62 bits per heavy atom. The zero-order chi connectivity index (χ0) is 12.1. The number of hydrogen-bond donors (Lipinski definition) is 2. The van der Waals surface area contributed by atoms with Crippen molar-refractivity contribution in [1.29, 1.82) is 0 Å². The summed E-state index contributed by atoms with van der Waals surface area (Å²) in [4.78, 5) is 20.7. The third-order valence-corrected chi connectivity index (χ3v) is 1.99.